The van der Waals surface area contributed by atoms with Gasteiger partial charge in [-0.15, -0.1) is 0 Å². The molecule has 0 radical (unpaired) electrons. The van der Waals surface area contributed by atoms with Crippen molar-refractivity contribution in [1.82, 2.24) is 24.8 Å². The van der Waals surface area contributed by atoms with E-state index in [0.29, 0.717) is 6.42 Å². The van der Waals surface area contributed by atoms with Crippen LogP contribution in [0.1, 0.15) is 50.5 Å². The van der Waals surface area contributed by atoms with E-state index in [4.69, 9.17) is 4.74 Å². The number of carbonyl (C=O) groups is 5. The number of imidazole rings is 1. The number of esters is 1. The van der Waals surface area contributed by atoms with E-state index in [1.54, 1.807) is 27.8 Å². The van der Waals surface area contributed by atoms with Gasteiger partial charge in [-0.25, -0.2) is 14.6 Å². The first-order chi connectivity index (χ1) is 19.5. The van der Waals surface area contributed by atoms with Crippen molar-refractivity contribution in [2.24, 2.45) is 13.0 Å². The van der Waals surface area contributed by atoms with E-state index >= 15 is 0 Å². The number of hydrogen-bond acceptors (Lipinski definition) is 8. The molecule has 4 N–H and O–H groups in total. The van der Waals surface area contributed by atoms with Crippen LogP contribution in [0.2, 0.25) is 0 Å². The standard InChI is InChI=1S/C27H36N6O8/c1-5-17(3)23(27(39)40)31-21(34)15-33-13-9-11-19(26(33)38)30-24(36)18(10-7-8-12-22(35)41-6-2)29-25(37)20-14-28-16-32(20)4/h8-9,11-14,16-18,23H,5-7,10,15H2,1-4H3,(H,29,37)(H,30,36)(H,31,34)(H,39,40)/t17-,18?,23+/m1/s1. The van der Waals surface area contributed by atoms with Crippen molar-refractivity contribution in [3.8, 4) is 0 Å². The topological polar surface area (TPSA) is 191 Å². The molecule has 222 valence electrons. The number of carboxylic acids is 1. The summed E-state index contributed by atoms with van der Waals surface area (Å²) in [5.41, 5.74) is -0.649. The van der Waals surface area contributed by atoms with Crippen LogP contribution in [-0.2, 0) is 37.5 Å². The predicted octanol–water partition coefficient (Wildman–Crippen LogP) is 0.834. The molecule has 0 aliphatic rings. The molecule has 2 rings (SSSR count). The minimum Gasteiger partial charge on any atom is -0.480 e. The van der Waals surface area contributed by atoms with Gasteiger partial charge in [-0.3, -0.25) is 19.2 Å². The molecule has 1 unspecified atom stereocenters. The summed E-state index contributed by atoms with van der Waals surface area (Å²) in [5.74, 6) is -4.01. The predicted molar refractivity (Wildman–Crippen MR) is 148 cm³/mol. The summed E-state index contributed by atoms with van der Waals surface area (Å²) in [4.78, 5) is 78.5. The third-order valence-corrected chi connectivity index (χ3v) is 6.22. The molecule has 0 spiro atoms. The summed E-state index contributed by atoms with van der Waals surface area (Å²) in [7, 11) is 1.61. The summed E-state index contributed by atoms with van der Waals surface area (Å²) in [6.45, 7) is 4.90. The Bertz CT molecular complexity index is 1330. The Balaban J connectivity index is 2.18. The van der Waals surface area contributed by atoms with Crippen LogP contribution in [0.3, 0.4) is 0 Å². The highest BCUT2D eigenvalue weighted by Crippen LogP contribution is 2.09. The van der Waals surface area contributed by atoms with E-state index in [-0.39, 0.29) is 36.7 Å². The molecule has 0 saturated carbocycles. The quantitative estimate of drug-likeness (QED) is 0.177. The summed E-state index contributed by atoms with van der Waals surface area (Å²) in [6.07, 6.45) is 7.65. The van der Waals surface area contributed by atoms with Gasteiger partial charge in [-0.1, -0.05) is 26.3 Å². The molecule has 41 heavy (non-hydrogen) atoms. The largest absolute Gasteiger partial charge is 0.480 e. The highest BCUT2D eigenvalue weighted by molar-refractivity contribution is 6.00. The molecule has 2 heterocycles. The fourth-order valence-electron chi connectivity index (χ4n) is 3.74. The van der Waals surface area contributed by atoms with Gasteiger partial charge in [-0.05, 0) is 37.8 Å². The highest BCUT2D eigenvalue weighted by atomic mass is 16.5. The molecular formula is C27H36N6O8. The molecule has 3 atom stereocenters. The van der Waals surface area contributed by atoms with Crippen LogP contribution in [0.25, 0.3) is 0 Å². The second-order valence-electron chi connectivity index (χ2n) is 9.26. The number of ether oxygens (including phenoxy) is 1. The molecule has 0 aromatic carbocycles. The van der Waals surface area contributed by atoms with Gasteiger partial charge in [0.25, 0.3) is 11.5 Å². The number of anilines is 1. The van der Waals surface area contributed by atoms with Crippen molar-refractivity contribution < 1.29 is 33.8 Å². The minimum atomic E-state index is -1.18. The van der Waals surface area contributed by atoms with Crippen molar-refractivity contribution in [3.05, 3.63) is 59.1 Å². The van der Waals surface area contributed by atoms with Gasteiger partial charge in [0.1, 0.15) is 30.0 Å². The van der Waals surface area contributed by atoms with Crippen LogP contribution < -0.4 is 21.5 Å². The van der Waals surface area contributed by atoms with Crippen molar-refractivity contribution in [2.75, 3.05) is 11.9 Å². The molecule has 0 saturated heterocycles. The van der Waals surface area contributed by atoms with Gasteiger partial charge < -0.3 is 34.9 Å². The highest BCUT2D eigenvalue weighted by Gasteiger charge is 2.26. The Morgan fingerprint density at radius 1 is 1.17 bits per heavy atom. The SMILES string of the molecule is CCOC(=O)C=CCCC(NC(=O)c1cncn1C)C(=O)Nc1cccn(CC(=O)N[C@H](C(=O)O)[C@H](C)CC)c1=O. The molecular weight excluding hydrogens is 536 g/mol. The number of nitrogens with one attached hydrogen (secondary N) is 3. The van der Waals surface area contributed by atoms with E-state index in [0.717, 1.165) is 4.57 Å². The van der Waals surface area contributed by atoms with E-state index in [9.17, 15) is 33.9 Å². The normalized spacial score (nSPS) is 13.2. The van der Waals surface area contributed by atoms with Gasteiger partial charge in [-0.2, -0.15) is 0 Å². The Morgan fingerprint density at radius 3 is 2.51 bits per heavy atom. The van der Waals surface area contributed by atoms with E-state index in [2.05, 4.69) is 20.9 Å². The molecule has 2 aromatic heterocycles. The van der Waals surface area contributed by atoms with Crippen LogP contribution in [0.15, 0.2) is 47.8 Å². The van der Waals surface area contributed by atoms with Crippen molar-refractivity contribution >= 4 is 35.3 Å². The summed E-state index contributed by atoms with van der Waals surface area (Å²) in [6, 6.07) is 0.563. The maximum Gasteiger partial charge on any atom is 0.330 e. The first-order valence-electron chi connectivity index (χ1n) is 13.1. The Kier molecular flexibility index (Phi) is 12.5. The number of pyridine rings is 1. The second kappa shape index (κ2) is 15.7. The summed E-state index contributed by atoms with van der Waals surface area (Å²) < 4.78 is 7.33. The molecule has 0 bridgehead atoms. The summed E-state index contributed by atoms with van der Waals surface area (Å²) >= 11 is 0. The van der Waals surface area contributed by atoms with Crippen molar-refractivity contribution in [2.45, 2.75) is 58.7 Å². The van der Waals surface area contributed by atoms with Gasteiger partial charge >= 0.3 is 11.9 Å². The maximum atomic E-state index is 13.2. The molecule has 2 aromatic rings. The molecule has 0 fully saturated rings. The number of allylic oxidation sites excluding steroid dienone is 1. The number of rotatable bonds is 15. The zero-order valence-corrected chi connectivity index (χ0v) is 23.5. The number of aryl methyl sites for hydroxylation is 1. The van der Waals surface area contributed by atoms with Gasteiger partial charge in [0.15, 0.2) is 0 Å². The van der Waals surface area contributed by atoms with Crippen LogP contribution in [0.5, 0.6) is 0 Å². The van der Waals surface area contributed by atoms with Crippen LogP contribution in [-0.4, -0.2) is 67.6 Å². The van der Waals surface area contributed by atoms with E-state index in [1.165, 1.54) is 47.6 Å². The number of aliphatic carboxylic acids is 1. The average Bonchev–Trinajstić information content (AvgIpc) is 3.36. The molecule has 14 nitrogen and oxygen atoms in total. The van der Waals surface area contributed by atoms with Crippen LogP contribution >= 0.6 is 0 Å². The lowest BCUT2D eigenvalue weighted by Gasteiger charge is -2.20. The minimum absolute atomic E-state index is 0.0843. The van der Waals surface area contributed by atoms with Crippen molar-refractivity contribution in [3.63, 3.8) is 0 Å². The number of aromatic nitrogens is 3. The number of carboxylic acid groups (broad SMARTS) is 1. The van der Waals surface area contributed by atoms with Crippen LogP contribution in [0, 0.1) is 5.92 Å². The molecule has 14 heteroatoms. The smallest absolute Gasteiger partial charge is 0.330 e. The van der Waals surface area contributed by atoms with Gasteiger partial charge in [0.2, 0.25) is 11.8 Å². The van der Waals surface area contributed by atoms with E-state index in [1.807, 2.05) is 0 Å². The average molecular weight is 573 g/mol. The Hall–Kier alpha value is -4.75. The first kappa shape index (κ1) is 32.5. The third-order valence-electron chi connectivity index (χ3n) is 6.22. The Morgan fingerprint density at radius 2 is 1.90 bits per heavy atom. The van der Waals surface area contributed by atoms with E-state index < -0.39 is 53.8 Å². The number of carbonyl (C=O) groups excluding carboxylic acids is 4. The maximum absolute atomic E-state index is 13.2. The number of amides is 3. The number of nitrogens with zero attached hydrogens (tertiary/aromatic N) is 3. The zero-order valence-electron chi connectivity index (χ0n) is 23.5. The lowest BCUT2D eigenvalue weighted by atomic mass is 9.99. The molecule has 0 aliphatic heterocycles. The monoisotopic (exact) mass is 572 g/mol. The third kappa shape index (κ3) is 9.74. The van der Waals surface area contributed by atoms with Gasteiger partial charge in [0, 0.05) is 19.3 Å². The molecule has 3 amide bonds. The first-order valence-corrected chi connectivity index (χ1v) is 13.1. The second-order valence-corrected chi connectivity index (χ2v) is 9.26. The fourth-order valence-corrected chi connectivity index (χ4v) is 3.74. The summed E-state index contributed by atoms with van der Waals surface area (Å²) in [5, 5.41) is 17.0. The molecule has 0 aliphatic carbocycles. The Labute approximate surface area is 236 Å². The van der Waals surface area contributed by atoms with Gasteiger partial charge in [0.05, 0.1) is 19.1 Å². The van der Waals surface area contributed by atoms with Crippen molar-refractivity contribution in [1.29, 1.82) is 0 Å². The fraction of sp³-hybridized carbons (Fsp3) is 0.444. The zero-order chi connectivity index (χ0) is 30.5. The number of hydrogen-bond donors (Lipinski definition) is 4. The van der Waals surface area contributed by atoms with Crippen LogP contribution in [0.4, 0.5) is 5.69 Å². The lowest BCUT2D eigenvalue weighted by molar-refractivity contribution is -0.143. The lowest BCUT2D eigenvalue weighted by Crippen LogP contribution is -2.47.